The summed E-state index contributed by atoms with van der Waals surface area (Å²) in [5.41, 5.74) is 4.27. The Balaban J connectivity index is 2.52. The Labute approximate surface area is 212 Å². The summed E-state index contributed by atoms with van der Waals surface area (Å²) in [4.78, 5) is 2.26. The first-order chi connectivity index (χ1) is 15.9. The van der Waals surface area contributed by atoms with Gasteiger partial charge >= 0.3 is 0 Å². The van der Waals surface area contributed by atoms with Gasteiger partial charge in [0.05, 0.1) is 12.7 Å². The quantitative estimate of drug-likeness (QED) is 0.150. The number of unbranched alkanes of at least 4 members (excludes halogenated alkanes) is 1. The molecule has 0 aliphatic carbocycles. The van der Waals surface area contributed by atoms with E-state index < -0.39 is 0 Å². The summed E-state index contributed by atoms with van der Waals surface area (Å²) in [6.45, 7) is 28.6. The minimum Gasteiger partial charge on any atom is -0.396 e. The van der Waals surface area contributed by atoms with Gasteiger partial charge in [-0.05, 0) is 101 Å². The molecule has 1 heterocycles. The van der Waals surface area contributed by atoms with Crippen molar-refractivity contribution in [3.05, 3.63) is 36.7 Å². The van der Waals surface area contributed by atoms with Gasteiger partial charge in [-0.15, -0.1) is 0 Å². The summed E-state index contributed by atoms with van der Waals surface area (Å²) < 4.78 is 6.19. The predicted molar refractivity (Wildman–Crippen MR) is 149 cm³/mol. The number of allylic oxidation sites excluding steroid dienone is 2. The van der Waals surface area contributed by atoms with Gasteiger partial charge in [0.1, 0.15) is 0 Å². The van der Waals surface area contributed by atoms with Gasteiger partial charge in [0.15, 0.2) is 0 Å². The number of hydrogen-bond donors (Lipinski definition) is 1. The lowest BCUT2D eigenvalue weighted by atomic mass is 9.69. The number of hydrogen-bond acceptors (Lipinski definition) is 3. The van der Waals surface area contributed by atoms with E-state index in [1.54, 1.807) is 0 Å². The van der Waals surface area contributed by atoms with Crippen molar-refractivity contribution in [1.29, 1.82) is 0 Å². The summed E-state index contributed by atoms with van der Waals surface area (Å²) in [5.74, 6) is 0.625. The summed E-state index contributed by atoms with van der Waals surface area (Å²) in [7, 11) is 0. The SMILES string of the molecule is C=C(CCCCC(C)(C)CCC(CC)(COC(C)C)CC(C)CCCO)CN1C(=C)CCC1=C. The molecule has 1 fully saturated rings. The Morgan fingerprint density at radius 3 is 2.24 bits per heavy atom. The Bertz CT molecular complexity index is 619. The highest BCUT2D eigenvalue weighted by atomic mass is 16.5. The van der Waals surface area contributed by atoms with Crippen LogP contribution in [0.5, 0.6) is 0 Å². The summed E-state index contributed by atoms with van der Waals surface area (Å²) >= 11 is 0. The van der Waals surface area contributed by atoms with Crippen LogP contribution in [0.1, 0.15) is 119 Å². The van der Waals surface area contributed by atoms with Crippen LogP contribution in [0.25, 0.3) is 0 Å². The van der Waals surface area contributed by atoms with E-state index >= 15 is 0 Å². The van der Waals surface area contributed by atoms with Crippen molar-refractivity contribution in [1.82, 2.24) is 4.90 Å². The molecule has 2 unspecified atom stereocenters. The molecule has 1 aliphatic rings. The third-order valence-electron chi connectivity index (χ3n) is 7.92. The summed E-state index contributed by atoms with van der Waals surface area (Å²) in [6, 6.07) is 0. The molecule has 0 saturated carbocycles. The number of aliphatic hydroxyl groups is 1. The topological polar surface area (TPSA) is 32.7 Å². The molecule has 1 saturated heterocycles. The molecule has 2 atom stereocenters. The molecule has 0 aromatic carbocycles. The minimum absolute atomic E-state index is 0.241. The van der Waals surface area contributed by atoms with Gasteiger partial charge < -0.3 is 14.7 Å². The molecule has 0 amide bonds. The monoisotopic (exact) mass is 475 g/mol. The highest BCUT2D eigenvalue weighted by molar-refractivity contribution is 5.19. The molecular formula is C31H57NO2. The third-order valence-corrected chi connectivity index (χ3v) is 7.92. The second kappa shape index (κ2) is 15.1. The van der Waals surface area contributed by atoms with Crippen molar-refractivity contribution < 1.29 is 9.84 Å². The normalized spacial score (nSPS) is 17.5. The lowest BCUT2D eigenvalue weighted by Gasteiger charge is -2.38. The first kappa shape index (κ1) is 31.0. The summed E-state index contributed by atoms with van der Waals surface area (Å²) in [6.07, 6.45) is 14.0. The van der Waals surface area contributed by atoms with Gasteiger partial charge in [0.2, 0.25) is 0 Å². The average molecular weight is 476 g/mol. The van der Waals surface area contributed by atoms with Crippen LogP contribution in [-0.4, -0.2) is 35.9 Å². The Morgan fingerprint density at radius 1 is 1.03 bits per heavy atom. The molecule has 34 heavy (non-hydrogen) atoms. The Morgan fingerprint density at radius 2 is 1.68 bits per heavy atom. The molecular weight excluding hydrogens is 418 g/mol. The third kappa shape index (κ3) is 11.6. The fourth-order valence-corrected chi connectivity index (χ4v) is 5.30. The van der Waals surface area contributed by atoms with Crippen LogP contribution in [0.3, 0.4) is 0 Å². The fraction of sp³-hybridized carbons (Fsp3) is 0.806. The van der Waals surface area contributed by atoms with Crippen molar-refractivity contribution in [2.24, 2.45) is 16.7 Å². The van der Waals surface area contributed by atoms with Crippen LogP contribution in [0.15, 0.2) is 36.7 Å². The van der Waals surface area contributed by atoms with E-state index in [2.05, 4.69) is 66.2 Å². The fourth-order valence-electron chi connectivity index (χ4n) is 5.30. The molecule has 0 aromatic rings. The first-order valence-electron chi connectivity index (χ1n) is 14.0. The van der Waals surface area contributed by atoms with E-state index in [0.29, 0.717) is 17.9 Å². The molecule has 1 N–H and O–H groups in total. The van der Waals surface area contributed by atoms with Crippen LogP contribution >= 0.6 is 0 Å². The maximum absolute atomic E-state index is 9.25. The van der Waals surface area contributed by atoms with E-state index in [0.717, 1.165) is 51.7 Å². The van der Waals surface area contributed by atoms with E-state index in [1.165, 1.54) is 55.5 Å². The van der Waals surface area contributed by atoms with E-state index in [-0.39, 0.29) is 11.5 Å². The largest absolute Gasteiger partial charge is 0.396 e. The van der Waals surface area contributed by atoms with Gasteiger partial charge in [-0.2, -0.15) is 0 Å². The van der Waals surface area contributed by atoms with Crippen molar-refractivity contribution in [2.45, 2.75) is 125 Å². The van der Waals surface area contributed by atoms with E-state index in [4.69, 9.17) is 4.74 Å². The van der Waals surface area contributed by atoms with Crippen LogP contribution < -0.4 is 0 Å². The molecule has 1 aliphatic heterocycles. The average Bonchev–Trinajstić information content (AvgIpc) is 3.09. The van der Waals surface area contributed by atoms with Gasteiger partial charge in [0, 0.05) is 24.5 Å². The van der Waals surface area contributed by atoms with Gasteiger partial charge in [0.25, 0.3) is 0 Å². The smallest absolute Gasteiger partial charge is 0.0525 e. The van der Waals surface area contributed by atoms with Crippen molar-refractivity contribution in [3.63, 3.8) is 0 Å². The number of aliphatic hydroxyl groups excluding tert-OH is 1. The van der Waals surface area contributed by atoms with E-state index in [9.17, 15) is 5.11 Å². The van der Waals surface area contributed by atoms with Crippen LogP contribution in [0.4, 0.5) is 0 Å². The van der Waals surface area contributed by atoms with Gasteiger partial charge in [-0.25, -0.2) is 0 Å². The number of ether oxygens (including phenoxy) is 1. The standard InChI is InChI=1S/C31H57NO2/c1-10-31(24-34-25(2)3,22-26(4)15-13-21-33)20-19-30(8,9)18-12-11-14-27(5)23-32-28(6)16-17-29(32)7/h25-26,33H,5-7,10-24H2,1-4,8-9H3. The lowest BCUT2D eigenvalue weighted by Crippen LogP contribution is -2.32. The van der Waals surface area contributed by atoms with Crippen LogP contribution in [0.2, 0.25) is 0 Å². The van der Waals surface area contributed by atoms with Crippen molar-refractivity contribution >= 4 is 0 Å². The second-order valence-corrected chi connectivity index (χ2v) is 12.2. The molecule has 198 valence electrons. The molecule has 0 aromatic heterocycles. The second-order valence-electron chi connectivity index (χ2n) is 12.2. The number of rotatable bonds is 19. The van der Waals surface area contributed by atoms with Gasteiger partial charge in [-0.1, -0.05) is 59.4 Å². The highest BCUT2D eigenvalue weighted by Gasteiger charge is 2.33. The minimum atomic E-state index is 0.241. The molecule has 0 spiro atoms. The van der Waals surface area contributed by atoms with Crippen molar-refractivity contribution in [3.8, 4) is 0 Å². The number of nitrogens with zero attached hydrogens (tertiary/aromatic N) is 1. The zero-order chi connectivity index (χ0) is 25.8. The maximum atomic E-state index is 9.25. The molecule has 0 bridgehead atoms. The highest BCUT2D eigenvalue weighted by Crippen LogP contribution is 2.42. The lowest BCUT2D eigenvalue weighted by molar-refractivity contribution is -0.0167. The van der Waals surface area contributed by atoms with E-state index in [1.807, 2.05) is 0 Å². The molecule has 3 nitrogen and oxygen atoms in total. The Hall–Kier alpha value is -1.06. The first-order valence-corrected chi connectivity index (χ1v) is 14.0. The molecule has 3 heteroatoms. The number of likely N-dealkylation sites (tertiary alicyclic amines) is 1. The molecule has 0 radical (unpaired) electrons. The zero-order valence-corrected chi connectivity index (χ0v) is 23.7. The predicted octanol–water partition coefficient (Wildman–Crippen LogP) is 8.65. The van der Waals surface area contributed by atoms with Crippen LogP contribution in [0, 0.1) is 16.7 Å². The maximum Gasteiger partial charge on any atom is 0.0525 e. The van der Waals surface area contributed by atoms with Crippen molar-refractivity contribution in [2.75, 3.05) is 19.8 Å². The Kier molecular flexibility index (Phi) is 13.8. The zero-order valence-electron chi connectivity index (χ0n) is 23.7. The summed E-state index contributed by atoms with van der Waals surface area (Å²) in [5, 5.41) is 9.25. The molecule has 1 rings (SSSR count). The van der Waals surface area contributed by atoms with Crippen LogP contribution in [-0.2, 0) is 4.74 Å². The van der Waals surface area contributed by atoms with Gasteiger partial charge in [-0.3, -0.25) is 0 Å².